The standard InChI is InChI=1S/C15H24N2O2S/c1-12-4-6-15(7-5-12)20(18,19)17-10-8-14(9-11-17)13(2)16-3/h4-7,13-14,16H,8-11H2,1-3H3. The Morgan fingerprint density at radius 2 is 1.75 bits per heavy atom. The van der Waals surface area contributed by atoms with Crippen molar-refractivity contribution in [3.63, 3.8) is 0 Å². The highest BCUT2D eigenvalue weighted by molar-refractivity contribution is 7.89. The first-order valence-corrected chi connectivity index (χ1v) is 8.63. The van der Waals surface area contributed by atoms with Crippen molar-refractivity contribution in [2.24, 2.45) is 5.92 Å². The number of benzene rings is 1. The van der Waals surface area contributed by atoms with Gasteiger partial charge in [0.05, 0.1) is 4.90 Å². The minimum atomic E-state index is -3.32. The number of hydrogen-bond donors (Lipinski definition) is 1. The van der Waals surface area contributed by atoms with Crippen LogP contribution >= 0.6 is 0 Å². The SMILES string of the molecule is CNC(C)C1CCN(S(=O)(=O)c2ccc(C)cc2)CC1. The largest absolute Gasteiger partial charge is 0.317 e. The quantitative estimate of drug-likeness (QED) is 0.924. The zero-order chi connectivity index (χ0) is 14.8. The Labute approximate surface area is 122 Å². The third-order valence-electron chi connectivity index (χ3n) is 4.32. The zero-order valence-corrected chi connectivity index (χ0v) is 13.3. The number of sulfonamides is 1. The molecule has 1 aromatic carbocycles. The zero-order valence-electron chi connectivity index (χ0n) is 12.5. The van der Waals surface area contributed by atoms with Crippen LogP contribution in [0.3, 0.4) is 0 Å². The maximum absolute atomic E-state index is 12.6. The number of aryl methyl sites for hydroxylation is 1. The Bertz CT molecular complexity index is 531. The molecule has 20 heavy (non-hydrogen) atoms. The molecule has 1 atom stereocenters. The summed E-state index contributed by atoms with van der Waals surface area (Å²) in [5.74, 6) is 0.560. The minimum Gasteiger partial charge on any atom is -0.317 e. The number of nitrogens with one attached hydrogen (secondary N) is 1. The monoisotopic (exact) mass is 296 g/mol. The molecule has 0 radical (unpaired) electrons. The van der Waals surface area contributed by atoms with Gasteiger partial charge in [0, 0.05) is 19.1 Å². The molecule has 1 aromatic rings. The van der Waals surface area contributed by atoms with Crippen molar-refractivity contribution in [2.45, 2.75) is 37.6 Å². The number of hydrogen-bond acceptors (Lipinski definition) is 3. The molecule has 1 N–H and O–H groups in total. The molecule has 5 heteroatoms. The van der Waals surface area contributed by atoms with E-state index in [4.69, 9.17) is 0 Å². The molecule has 1 unspecified atom stereocenters. The summed E-state index contributed by atoms with van der Waals surface area (Å²) in [6.45, 7) is 5.36. The molecule has 0 spiro atoms. The molecule has 0 amide bonds. The van der Waals surface area contributed by atoms with E-state index in [0.717, 1.165) is 18.4 Å². The lowest BCUT2D eigenvalue weighted by atomic mass is 9.91. The van der Waals surface area contributed by atoms with Crippen LogP contribution in [0.1, 0.15) is 25.3 Å². The molecule has 0 aromatic heterocycles. The van der Waals surface area contributed by atoms with Crippen molar-refractivity contribution in [1.82, 2.24) is 9.62 Å². The number of nitrogens with zero attached hydrogens (tertiary/aromatic N) is 1. The van der Waals surface area contributed by atoms with E-state index in [2.05, 4.69) is 12.2 Å². The third-order valence-corrected chi connectivity index (χ3v) is 6.23. The van der Waals surface area contributed by atoms with Gasteiger partial charge in [-0.3, -0.25) is 0 Å². The van der Waals surface area contributed by atoms with Crippen molar-refractivity contribution in [1.29, 1.82) is 0 Å². The highest BCUT2D eigenvalue weighted by Crippen LogP contribution is 2.25. The molecular formula is C15H24N2O2S. The van der Waals surface area contributed by atoms with Gasteiger partial charge in [0.15, 0.2) is 0 Å². The van der Waals surface area contributed by atoms with Gasteiger partial charge in [-0.1, -0.05) is 17.7 Å². The van der Waals surface area contributed by atoms with Gasteiger partial charge in [-0.2, -0.15) is 4.31 Å². The molecule has 1 fully saturated rings. The van der Waals surface area contributed by atoms with E-state index in [1.165, 1.54) is 0 Å². The fourth-order valence-electron chi connectivity index (χ4n) is 2.71. The lowest BCUT2D eigenvalue weighted by Crippen LogP contribution is -2.43. The molecule has 1 saturated heterocycles. The maximum atomic E-state index is 12.6. The van der Waals surface area contributed by atoms with Crippen LogP contribution in [-0.2, 0) is 10.0 Å². The van der Waals surface area contributed by atoms with E-state index >= 15 is 0 Å². The summed E-state index contributed by atoms with van der Waals surface area (Å²) in [5, 5.41) is 3.26. The molecular weight excluding hydrogens is 272 g/mol. The van der Waals surface area contributed by atoms with Crippen molar-refractivity contribution in [3.05, 3.63) is 29.8 Å². The van der Waals surface area contributed by atoms with E-state index in [0.29, 0.717) is 29.9 Å². The van der Waals surface area contributed by atoms with Gasteiger partial charge in [-0.05, 0) is 51.8 Å². The third kappa shape index (κ3) is 3.22. The summed E-state index contributed by atoms with van der Waals surface area (Å²) in [6.07, 6.45) is 1.85. The molecule has 0 bridgehead atoms. The van der Waals surface area contributed by atoms with Gasteiger partial charge in [-0.15, -0.1) is 0 Å². The first kappa shape index (κ1) is 15.5. The van der Waals surface area contributed by atoms with Crippen molar-refractivity contribution < 1.29 is 8.42 Å². The fraction of sp³-hybridized carbons (Fsp3) is 0.600. The van der Waals surface area contributed by atoms with Crippen LogP contribution in [-0.4, -0.2) is 38.9 Å². The van der Waals surface area contributed by atoms with Crippen LogP contribution < -0.4 is 5.32 Å². The first-order chi connectivity index (χ1) is 9.45. The van der Waals surface area contributed by atoms with Crippen molar-refractivity contribution in [2.75, 3.05) is 20.1 Å². The first-order valence-electron chi connectivity index (χ1n) is 7.19. The highest BCUT2D eigenvalue weighted by Gasteiger charge is 2.30. The lowest BCUT2D eigenvalue weighted by molar-refractivity contribution is 0.236. The Kier molecular flexibility index (Phi) is 4.83. The van der Waals surface area contributed by atoms with Crippen LogP contribution in [0, 0.1) is 12.8 Å². The Morgan fingerprint density at radius 3 is 2.25 bits per heavy atom. The Balaban J connectivity index is 2.07. The molecule has 0 aliphatic carbocycles. The predicted molar refractivity (Wildman–Crippen MR) is 81.2 cm³/mol. The number of piperidine rings is 1. The van der Waals surface area contributed by atoms with Gasteiger partial charge in [0.2, 0.25) is 10.0 Å². The van der Waals surface area contributed by atoms with E-state index < -0.39 is 10.0 Å². The van der Waals surface area contributed by atoms with Gasteiger partial charge in [-0.25, -0.2) is 8.42 Å². The predicted octanol–water partition coefficient (Wildman–Crippen LogP) is 2.00. The smallest absolute Gasteiger partial charge is 0.243 e. The van der Waals surface area contributed by atoms with E-state index in [1.807, 2.05) is 26.1 Å². The van der Waals surface area contributed by atoms with Crippen molar-refractivity contribution >= 4 is 10.0 Å². The molecule has 2 rings (SSSR count). The van der Waals surface area contributed by atoms with E-state index in [1.54, 1.807) is 16.4 Å². The van der Waals surface area contributed by atoms with Gasteiger partial charge >= 0.3 is 0 Å². The Morgan fingerprint density at radius 1 is 1.20 bits per heavy atom. The van der Waals surface area contributed by atoms with Crippen LogP contribution in [0.4, 0.5) is 0 Å². The molecule has 4 nitrogen and oxygen atoms in total. The Hall–Kier alpha value is -0.910. The van der Waals surface area contributed by atoms with Crippen LogP contribution in [0.5, 0.6) is 0 Å². The van der Waals surface area contributed by atoms with Gasteiger partial charge < -0.3 is 5.32 Å². The summed E-state index contributed by atoms with van der Waals surface area (Å²) >= 11 is 0. The van der Waals surface area contributed by atoms with Crippen LogP contribution in [0.2, 0.25) is 0 Å². The minimum absolute atomic E-state index is 0.406. The molecule has 112 valence electrons. The highest BCUT2D eigenvalue weighted by atomic mass is 32.2. The maximum Gasteiger partial charge on any atom is 0.243 e. The number of rotatable bonds is 4. The second-order valence-corrected chi connectivity index (χ2v) is 7.57. The summed E-state index contributed by atoms with van der Waals surface area (Å²) in [4.78, 5) is 0.406. The average Bonchev–Trinajstić information content (AvgIpc) is 2.47. The summed E-state index contributed by atoms with van der Waals surface area (Å²) < 4.78 is 26.7. The molecule has 1 aliphatic rings. The van der Waals surface area contributed by atoms with Crippen LogP contribution in [0.25, 0.3) is 0 Å². The van der Waals surface area contributed by atoms with Crippen molar-refractivity contribution in [3.8, 4) is 0 Å². The van der Waals surface area contributed by atoms with Crippen LogP contribution in [0.15, 0.2) is 29.2 Å². The van der Waals surface area contributed by atoms with Gasteiger partial charge in [0.25, 0.3) is 0 Å². The van der Waals surface area contributed by atoms with E-state index in [9.17, 15) is 8.42 Å². The topological polar surface area (TPSA) is 49.4 Å². The molecule has 0 saturated carbocycles. The normalized spacial score (nSPS) is 19.9. The fourth-order valence-corrected chi connectivity index (χ4v) is 4.18. The summed E-state index contributed by atoms with van der Waals surface area (Å²) in [5.41, 5.74) is 1.07. The average molecular weight is 296 g/mol. The summed E-state index contributed by atoms with van der Waals surface area (Å²) in [6, 6.07) is 7.55. The van der Waals surface area contributed by atoms with Gasteiger partial charge in [0.1, 0.15) is 0 Å². The molecule has 1 heterocycles. The molecule has 1 aliphatic heterocycles. The second kappa shape index (κ2) is 6.24. The van der Waals surface area contributed by atoms with E-state index in [-0.39, 0.29) is 0 Å². The second-order valence-electron chi connectivity index (χ2n) is 5.63. The summed E-state index contributed by atoms with van der Waals surface area (Å²) in [7, 11) is -1.36. The lowest BCUT2D eigenvalue weighted by Gasteiger charge is -2.34.